The molecule has 2 aromatic carbocycles. The number of hydrogen-bond acceptors (Lipinski definition) is 5. The molecular weight excluding hydrogens is 410 g/mol. The molecular formula is C24H33N3O3S. The van der Waals surface area contributed by atoms with Gasteiger partial charge in [-0.3, -0.25) is 14.6 Å². The Morgan fingerprint density at radius 1 is 0.839 bits per heavy atom. The molecule has 0 aliphatic carbocycles. The van der Waals surface area contributed by atoms with Gasteiger partial charge in [0.15, 0.2) is 9.84 Å². The Hall–Kier alpha value is -2.22. The van der Waals surface area contributed by atoms with Gasteiger partial charge in [0.1, 0.15) is 5.25 Å². The third kappa shape index (κ3) is 6.38. The van der Waals surface area contributed by atoms with Crippen LogP contribution >= 0.6 is 0 Å². The molecule has 168 valence electrons. The quantitative estimate of drug-likeness (QED) is 0.679. The minimum Gasteiger partial charge on any atom is -0.325 e. The van der Waals surface area contributed by atoms with E-state index in [9.17, 15) is 13.2 Å². The highest BCUT2D eigenvalue weighted by Gasteiger charge is 2.30. The highest BCUT2D eigenvalue weighted by Crippen LogP contribution is 2.16. The van der Waals surface area contributed by atoms with Crippen molar-refractivity contribution in [2.75, 3.05) is 31.5 Å². The summed E-state index contributed by atoms with van der Waals surface area (Å²) in [5, 5.41) is 1.07. The van der Waals surface area contributed by atoms with E-state index in [0.29, 0.717) is 5.69 Å². The van der Waals surface area contributed by atoms with Crippen LogP contribution in [0, 0.1) is 0 Å². The predicted octanol–water partition coefficient (Wildman–Crippen LogP) is 3.15. The van der Waals surface area contributed by atoms with Gasteiger partial charge in [-0.25, -0.2) is 8.42 Å². The topological polar surface area (TPSA) is 69.7 Å². The van der Waals surface area contributed by atoms with Crippen molar-refractivity contribution in [1.82, 2.24) is 9.80 Å². The Bertz CT molecular complexity index is 951. The first-order chi connectivity index (χ1) is 14.8. The molecule has 3 rings (SSSR count). The number of benzene rings is 2. The fraction of sp³-hybridized carbons (Fsp3) is 0.458. The Morgan fingerprint density at radius 2 is 1.32 bits per heavy atom. The van der Waals surface area contributed by atoms with Crippen LogP contribution in [0.4, 0.5) is 5.69 Å². The third-order valence-corrected chi connectivity index (χ3v) is 8.37. The molecule has 0 saturated carbocycles. The Kier molecular flexibility index (Phi) is 7.86. The Morgan fingerprint density at radius 3 is 1.81 bits per heavy atom. The fourth-order valence-electron chi connectivity index (χ4n) is 3.70. The second-order valence-electron chi connectivity index (χ2n) is 8.50. The highest BCUT2D eigenvalue weighted by molar-refractivity contribution is 7.93. The van der Waals surface area contributed by atoms with Crippen LogP contribution in [0.3, 0.4) is 0 Å². The van der Waals surface area contributed by atoms with Gasteiger partial charge in [-0.1, -0.05) is 42.5 Å². The molecule has 1 aliphatic rings. The van der Waals surface area contributed by atoms with Crippen molar-refractivity contribution in [3.63, 3.8) is 0 Å². The van der Waals surface area contributed by atoms with E-state index in [2.05, 4.69) is 39.4 Å². The van der Waals surface area contributed by atoms with E-state index in [0.717, 1.165) is 39.3 Å². The molecule has 31 heavy (non-hydrogen) atoms. The van der Waals surface area contributed by atoms with Crippen LogP contribution in [0.15, 0.2) is 54.6 Å². The number of anilines is 1. The van der Waals surface area contributed by atoms with Crippen molar-refractivity contribution in [2.24, 2.45) is 0 Å². The van der Waals surface area contributed by atoms with Gasteiger partial charge in [-0.15, -0.1) is 0 Å². The molecule has 1 atom stereocenters. The number of nitrogens with zero attached hydrogens (tertiary/aromatic N) is 2. The molecule has 0 bridgehead atoms. The summed E-state index contributed by atoms with van der Waals surface area (Å²) in [6.07, 6.45) is 0. The zero-order valence-corrected chi connectivity index (χ0v) is 19.4. The van der Waals surface area contributed by atoms with Gasteiger partial charge >= 0.3 is 0 Å². The summed E-state index contributed by atoms with van der Waals surface area (Å²) in [7, 11) is -3.47. The molecule has 7 heteroatoms. The summed E-state index contributed by atoms with van der Waals surface area (Å²) in [6.45, 7) is 10.6. The second-order valence-corrected chi connectivity index (χ2v) is 11.3. The van der Waals surface area contributed by atoms with E-state index in [4.69, 9.17) is 0 Å². The molecule has 6 nitrogen and oxygen atoms in total. The summed E-state index contributed by atoms with van der Waals surface area (Å²) in [4.78, 5) is 17.2. The molecule has 0 radical (unpaired) electrons. The molecule has 1 amide bonds. The number of carbonyl (C=O) groups is 1. The second kappa shape index (κ2) is 10.4. The summed E-state index contributed by atoms with van der Waals surface area (Å²) in [5.74, 6) is -0.490. The zero-order valence-electron chi connectivity index (χ0n) is 18.6. The van der Waals surface area contributed by atoms with Gasteiger partial charge in [-0.2, -0.15) is 0 Å². The predicted molar refractivity (Wildman–Crippen MR) is 126 cm³/mol. The summed E-state index contributed by atoms with van der Waals surface area (Å²) < 4.78 is 24.4. The highest BCUT2D eigenvalue weighted by atomic mass is 32.2. The van der Waals surface area contributed by atoms with Crippen molar-refractivity contribution in [2.45, 2.75) is 44.4 Å². The van der Waals surface area contributed by atoms with Crippen LogP contribution in [-0.4, -0.2) is 60.8 Å². The number of piperazine rings is 1. The molecule has 2 aromatic rings. The van der Waals surface area contributed by atoms with E-state index in [-0.39, 0.29) is 0 Å². The number of amides is 1. The lowest BCUT2D eigenvalue weighted by Crippen LogP contribution is -2.45. The summed E-state index contributed by atoms with van der Waals surface area (Å²) >= 11 is 0. The van der Waals surface area contributed by atoms with Gasteiger partial charge < -0.3 is 5.32 Å². The van der Waals surface area contributed by atoms with E-state index in [1.54, 1.807) is 13.8 Å². The van der Waals surface area contributed by atoms with Gasteiger partial charge in [0.05, 0.1) is 5.25 Å². The van der Waals surface area contributed by atoms with Crippen molar-refractivity contribution < 1.29 is 13.2 Å². The normalized spacial score (nSPS) is 16.9. The van der Waals surface area contributed by atoms with E-state index in [1.807, 2.05) is 30.3 Å². The van der Waals surface area contributed by atoms with Crippen molar-refractivity contribution >= 4 is 21.4 Å². The summed E-state index contributed by atoms with van der Waals surface area (Å²) in [5.41, 5.74) is 3.15. The maximum absolute atomic E-state index is 12.3. The van der Waals surface area contributed by atoms with Crippen molar-refractivity contribution in [3.8, 4) is 0 Å². The summed E-state index contributed by atoms with van der Waals surface area (Å²) in [6, 6.07) is 18.2. The van der Waals surface area contributed by atoms with Crippen LogP contribution in [-0.2, 0) is 27.7 Å². The minimum atomic E-state index is -3.47. The maximum Gasteiger partial charge on any atom is 0.242 e. The zero-order chi connectivity index (χ0) is 22.4. The molecule has 0 spiro atoms. The number of nitrogens with one attached hydrogen (secondary N) is 1. The average Bonchev–Trinajstić information content (AvgIpc) is 2.76. The molecule has 1 unspecified atom stereocenters. The number of hydrogen-bond donors (Lipinski definition) is 1. The number of rotatable bonds is 8. The van der Waals surface area contributed by atoms with Crippen LogP contribution in [0.1, 0.15) is 31.9 Å². The lowest BCUT2D eigenvalue weighted by molar-refractivity contribution is -0.115. The first-order valence-corrected chi connectivity index (χ1v) is 12.5. The SMILES string of the molecule is CC(C)S(=O)(=O)C(C)C(=O)Nc1ccc(CN2CCN(Cc3ccccc3)CC2)cc1. The standard InChI is InChI=1S/C24H33N3O3S/c1-19(2)31(29,30)20(3)24(28)25-23-11-9-22(10-12-23)18-27-15-13-26(14-16-27)17-21-7-5-4-6-8-21/h4-12,19-20H,13-18H2,1-3H3,(H,25,28). The smallest absolute Gasteiger partial charge is 0.242 e. The number of sulfone groups is 1. The van der Waals surface area contributed by atoms with E-state index >= 15 is 0 Å². The monoisotopic (exact) mass is 443 g/mol. The number of carbonyl (C=O) groups excluding carboxylic acids is 1. The van der Waals surface area contributed by atoms with E-state index < -0.39 is 26.2 Å². The van der Waals surface area contributed by atoms with Crippen molar-refractivity contribution in [1.29, 1.82) is 0 Å². The molecule has 1 fully saturated rings. The molecule has 0 aromatic heterocycles. The minimum absolute atomic E-state index is 0.490. The first kappa shape index (κ1) is 23.4. The van der Waals surface area contributed by atoms with Gasteiger partial charge in [0.25, 0.3) is 0 Å². The average molecular weight is 444 g/mol. The molecule has 1 aliphatic heterocycles. The van der Waals surface area contributed by atoms with Crippen LogP contribution in [0.2, 0.25) is 0 Å². The lowest BCUT2D eigenvalue weighted by Gasteiger charge is -2.34. The van der Waals surface area contributed by atoms with E-state index in [1.165, 1.54) is 18.1 Å². The molecule has 1 N–H and O–H groups in total. The molecule has 1 heterocycles. The lowest BCUT2D eigenvalue weighted by atomic mass is 10.1. The van der Waals surface area contributed by atoms with Crippen LogP contribution in [0.25, 0.3) is 0 Å². The fourth-order valence-corrected chi connectivity index (χ4v) is 4.87. The Labute approximate surface area is 186 Å². The first-order valence-electron chi connectivity index (χ1n) is 10.9. The van der Waals surface area contributed by atoms with Crippen LogP contribution in [0.5, 0.6) is 0 Å². The van der Waals surface area contributed by atoms with Crippen molar-refractivity contribution in [3.05, 3.63) is 65.7 Å². The molecule has 1 saturated heterocycles. The van der Waals surface area contributed by atoms with Crippen LogP contribution < -0.4 is 5.32 Å². The van der Waals surface area contributed by atoms with Gasteiger partial charge in [0.2, 0.25) is 5.91 Å². The van der Waals surface area contributed by atoms with Gasteiger partial charge in [-0.05, 0) is 44.0 Å². The van der Waals surface area contributed by atoms with Gasteiger partial charge in [0, 0.05) is 45.0 Å². The maximum atomic E-state index is 12.3. The largest absolute Gasteiger partial charge is 0.325 e. The third-order valence-electron chi connectivity index (χ3n) is 5.86. The Balaban J connectivity index is 1.47.